The summed E-state index contributed by atoms with van der Waals surface area (Å²) in [6.07, 6.45) is -1.22. The summed E-state index contributed by atoms with van der Waals surface area (Å²) in [7, 11) is 0. The van der Waals surface area contributed by atoms with Gasteiger partial charge in [0.15, 0.2) is 23.6 Å². The van der Waals surface area contributed by atoms with E-state index in [1.807, 2.05) is 5.32 Å². The Morgan fingerprint density at radius 1 is 1.15 bits per heavy atom. The quantitative estimate of drug-likeness (QED) is 0.555. The van der Waals surface area contributed by atoms with Crippen LogP contribution in [0.15, 0.2) is 24.3 Å². The lowest BCUT2D eigenvalue weighted by Gasteiger charge is -2.13. The minimum atomic E-state index is -1.73. The number of benzene rings is 1. The van der Waals surface area contributed by atoms with Crippen LogP contribution in [0.5, 0.6) is 0 Å². The molecule has 0 saturated carbocycles. The van der Waals surface area contributed by atoms with Gasteiger partial charge in [-0.05, 0) is 31.2 Å². The van der Waals surface area contributed by atoms with E-state index >= 15 is 0 Å². The Hall–Kier alpha value is -2.59. The smallest absolute Gasteiger partial charge is 0.349 e. The molecule has 2 N–H and O–H groups in total. The number of esters is 1. The third-order valence-electron chi connectivity index (χ3n) is 3.16. The van der Waals surface area contributed by atoms with Crippen LogP contribution in [0.25, 0.3) is 0 Å². The molecule has 0 spiro atoms. The number of hydrogen-bond donors (Lipinski definition) is 2. The third kappa shape index (κ3) is 5.44. The average molecular weight is 421 g/mol. The molecule has 2 amide bonds. The molecule has 11 heteroatoms. The molecule has 6 nitrogen and oxygen atoms in total. The highest BCUT2D eigenvalue weighted by Gasteiger charge is 2.21. The molecule has 0 aliphatic heterocycles. The summed E-state index contributed by atoms with van der Waals surface area (Å²) >= 11 is 6.67. The second-order valence-electron chi connectivity index (χ2n) is 5.14. The first-order valence-corrected chi connectivity index (χ1v) is 8.56. The molecule has 0 fully saturated rings. The Kier molecular flexibility index (Phi) is 6.81. The van der Waals surface area contributed by atoms with Crippen molar-refractivity contribution in [1.82, 2.24) is 5.32 Å². The molecule has 1 aromatic carbocycles. The molecule has 1 atom stereocenters. The van der Waals surface area contributed by atoms with Gasteiger partial charge in [-0.15, -0.1) is 11.3 Å². The highest BCUT2D eigenvalue weighted by molar-refractivity contribution is 7.17. The predicted molar refractivity (Wildman–Crippen MR) is 92.2 cm³/mol. The molecular formula is C16H12ClF3N2O4S. The highest BCUT2D eigenvalue weighted by Crippen LogP contribution is 2.22. The Morgan fingerprint density at radius 2 is 1.85 bits per heavy atom. The predicted octanol–water partition coefficient (Wildman–Crippen LogP) is 3.12. The zero-order chi connectivity index (χ0) is 20.1. The summed E-state index contributed by atoms with van der Waals surface area (Å²) in [6, 6.07) is 4.41. The maximum atomic E-state index is 13.5. The number of nitrogens with one attached hydrogen (secondary N) is 2. The van der Waals surface area contributed by atoms with Crippen LogP contribution >= 0.6 is 22.9 Å². The van der Waals surface area contributed by atoms with Gasteiger partial charge in [0.25, 0.3) is 5.91 Å². The fraction of sp³-hybridized carbons (Fsp3) is 0.188. The molecule has 1 aromatic heterocycles. The maximum absolute atomic E-state index is 13.5. The van der Waals surface area contributed by atoms with Gasteiger partial charge < -0.3 is 15.4 Å². The Morgan fingerprint density at radius 3 is 2.48 bits per heavy atom. The average Bonchev–Trinajstić information content (AvgIpc) is 3.06. The lowest BCUT2D eigenvalue weighted by Crippen LogP contribution is -2.40. The van der Waals surface area contributed by atoms with Gasteiger partial charge in [-0.3, -0.25) is 9.59 Å². The van der Waals surface area contributed by atoms with Crippen LogP contribution in [0, 0.1) is 17.5 Å². The summed E-state index contributed by atoms with van der Waals surface area (Å²) in [5.41, 5.74) is -0.581. The van der Waals surface area contributed by atoms with E-state index in [4.69, 9.17) is 16.3 Å². The molecule has 0 aliphatic rings. The van der Waals surface area contributed by atoms with Crippen LogP contribution in [0.2, 0.25) is 4.34 Å². The van der Waals surface area contributed by atoms with Gasteiger partial charge in [0, 0.05) is 0 Å². The molecule has 0 unspecified atom stereocenters. The van der Waals surface area contributed by atoms with Crippen LogP contribution in [0.1, 0.15) is 16.6 Å². The van der Waals surface area contributed by atoms with Crippen molar-refractivity contribution >= 4 is 46.4 Å². The number of halogens is 4. The van der Waals surface area contributed by atoms with Gasteiger partial charge in [0.1, 0.15) is 4.88 Å². The van der Waals surface area contributed by atoms with Crippen molar-refractivity contribution < 1.29 is 32.3 Å². The second kappa shape index (κ2) is 8.87. The first kappa shape index (κ1) is 20.7. The van der Waals surface area contributed by atoms with Crippen LogP contribution in [0.4, 0.5) is 18.9 Å². The van der Waals surface area contributed by atoms with Gasteiger partial charge in [0.05, 0.1) is 16.6 Å². The van der Waals surface area contributed by atoms with Gasteiger partial charge in [-0.25, -0.2) is 18.0 Å². The zero-order valence-corrected chi connectivity index (χ0v) is 15.2. The van der Waals surface area contributed by atoms with Crippen molar-refractivity contribution in [3.8, 4) is 0 Å². The van der Waals surface area contributed by atoms with E-state index in [-0.39, 0.29) is 4.88 Å². The lowest BCUT2D eigenvalue weighted by molar-refractivity contribution is -0.130. The molecule has 0 bridgehead atoms. The van der Waals surface area contributed by atoms with Crippen molar-refractivity contribution in [1.29, 1.82) is 0 Å². The number of carbonyl (C=O) groups excluding carboxylic acids is 3. The standard InChI is InChI=1S/C16H12ClF3N2O4S/c1-7(26-16(25)10-4-5-11(17)27-10)15(24)21-6-12(23)22-9-3-2-8(18)13(19)14(9)20/h2-5,7H,6H2,1H3,(H,21,24)(H,22,23)/t7-/m1/s1. The molecule has 0 radical (unpaired) electrons. The number of carbonyl (C=O) groups is 3. The highest BCUT2D eigenvalue weighted by atomic mass is 35.5. The van der Waals surface area contributed by atoms with E-state index in [0.29, 0.717) is 10.4 Å². The van der Waals surface area contributed by atoms with Crippen molar-refractivity contribution in [2.75, 3.05) is 11.9 Å². The topological polar surface area (TPSA) is 84.5 Å². The monoisotopic (exact) mass is 420 g/mol. The van der Waals surface area contributed by atoms with Crippen molar-refractivity contribution in [2.24, 2.45) is 0 Å². The van der Waals surface area contributed by atoms with E-state index in [0.717, 1.165) is 17.4 Å². The fourth-order valence-electron chi connectivity index (χ4n) is 1.82. The number of hydrogen-bond acceptors (Lipinski definition) is 5. The van der Waals surface area contributed by atoms with Gasteiger partial charge >= 0.3 is 5.97 Å². The van der Waals surface area contributed by atoms with Gasteiger partial charge in [-0.2, -0.15) is 0 Å². The van der Waals surface area contributed by atoms with Crippen LogP contribution in [-0.4, -0.2) is 30.4 Å². The molecule has 2 aromatic rings. The molecule has 27 heavy (non-hydrogen) atoms. The second-order valence-corrected chi connectivity index (χ2v) is 6.86. The fourth-order valence-corrected chi connectivity index (χ4v) is 2.75. The van der Waals surface area contributed by atoms with E-state index in [2.05, 4.69) is 5.32 Å². The van der Waals surface area contributed by atoms with Crippen molar-refractivity contribution in [3.05, 3.63) is 50.9 Å². The van der Waals surface area contributed by atoms with Crippen LogP contribution < -0.4 is 10.6 Å². The number of rotatable bonds is 6. The molecule has 144 valence electrons. The minimum absolute atomic E-state index is 0.200. The maximum Gasteiger partial charge on any atom is 0.349 e. The van der Waals surface area contributed by atoms with Crippen molar-refractivity contribution in [3.63, 3.8) is 0 Å². The van der Waals surface area contributed by atoms with Crippen LogP contribution in [0.3, 0.4) is 0 Å². The molecular weight excluding hydrogens is 409 g/mol. The van der Waals surface area contributed by atoms with E-state index < -0.39 is 53.6 Å². The summed E-state index contributed by atoms with van der Waals surface area (Å²) in [4.78, 5) is 35.6. The van der Waals surface area contributed by atoms with E-state index in [1.165, 1.54) is 19.1 Å². The number of anilines is 1. The number of ether oxygens (including phenoxy) is 1. The van der Waals surface area contributed by atoms with Gasteiger partial charge in [-0.1, -0.05) is 11.6 Å². The Balaban J connectivity index is 1.84. The van der Waals surface area contributed by atoms with Crippen LogP contribution in [-0.2, 0) is 14.3 Å². The van der Waals surface area contributed by atoms with Gasteiger partial charge in [0.2, 0.25) is 5.91 Å². The van der Waals surface area contributed by atoms with E-state index in [1.54, 1.807) is 0 Å². The Labute approximate surface area is 160 Å². The van der Waals surface area contributed by atoms with E-state index in [9.17, 15) is 27.6 Å². The molecule has 2 rings (SSSR count). The summed E-state index contributed by atoms with van der Waals surface area (Å²) in [5, 5.41) is 4.15. The Bertz CT molecular complexity index is 891. The summed E-state index contributed by atoms with van der Waals surface area (Å²) < 4.78 is 44.7. The molecule has 1 heterocycles. The summed E-state index contributed by atoms with van der Waals surface area (Å²) in [6.45, 7) is 0.680. The minimum Gasteiger partial charge on any atom is -0.448 e. The molecule has 0 aliphatic carbocycles. The first-order chi connectivity index (χ1) is 12.7. The normalized spacial score (nSPS) is 11.6. The lowest BCUT2D eigenvalue weighted by atomic mass is 10.2. The largest absolute Gasteiger partial charge is 0.448 e. The SMILES string of the molecule is C[C@@H](OC(=O)c1ccc(Cl)s1)C(=O)NCC(=O)Nc1ccc(F)c(F)c1F. The van der Waals surface area contributed by atoms with Crippen molar-refractivity contribution in [2.45, 2.75) is 13.0 Å². The number of amides is 2. The molecule has 0 saturated heterocycles. The summed E-state index contributed by atoms with van der Waals surface area (Å²) in [5.74, 6) is -7.13. The zero-order valence-electron chi connectivity index (χ0n) is 13.6. The number of thiophene rings is 1. The first-order valence-electron chi connectivity index (χ1n) is 7.36. The third-order valence-corrected chi connectivity index (χ3v) is 4.37.